The van der Waals surface area contributed by atoms with E-state index in [4.69, 9.17) is 17.0 Å². The van der Waals surface area contributed by atoms with Crippen molar-refractivity contribution in [3.63, 3.8) is 0 Å². The summed E-state index contributed by atoms with van der Waals surface area (Å²) in [4.78, 5) is 13.6. The van der Waals surface area contributed by atoms with Gasteiger partial charge in [-0.05, 0) is 55.5 Å². The first-order valence-corrected chi connectivity index (χ1v) is 7.78. The van der Waals surface area contributed by atoms with Crippen LogP contribution in [0.1, 0.15) is 6.92 Å². The van der Waals surface area contributed by atoms with Gasteiger partial charge in [-0.1, -0.05) is 12.1 Å². The van der Waals surface area contributed by atoms with E-state index >= 15 is 0 Å². The van der Waals surface area contributed by atoms with Gasteiger partial charge in [-0.25, -0.2) is 0 Å². The molecule has 1 aliphatic heterocycles. The fourth-order valence-corrected chi connectivity index (χ4v) is 2.69. The highest BCUT2D eigenvalue weighted by Gasteiger charge is 2.24. The molecule has 2 N–H and O–H groups in total. The Hall–Kier alpha value is -2.60. The highest BCUT2D eigenvalue weighted by Crippen LogP contribution is 2.29. The highest BCUT2D eigenvalue weighted by atomic mass is 32.1. The van der Waals surface area contributed by atoms with Crippen LogP contribution in [-0.4, -0.2) is 24.2 Å². The number of benzene rings is 2. The summed E-state index contributed by atoms with van der Waals surface area (Å²) in [6.07, 6.45) is 0. The first-order chi connectivity index (χ1) is 11.2. The average molecular weight is 327 g/mol. The Morgan fingerprint density at radius 2 is 2.00 bits per heavy atom. The van der Waals surface area contributed by atoms with Crippen molar-refractivity contribution in [2.24, 2.45) is 0 Å². The summed E-state index contributed by atoms with van der Waals surface area (Å²) in [6, 6.07) is 15.1. The summed E-state index contributed by atoms with van der Waals surface area (Å²) in [7, 11) is 0. The van der Waals surface area contributed by atoms with Crippen LogP contribution in [-0.2, 0) is 4.79 Å². The van der Waals surface area contributed by atoms with Crippen LogP contribution in [0.5, 0.6) is 5.75 Å². The second kappa shape index (κ2) is 6.66. The maximum atomic E-state index is 11.9. The van der Waals surface area contributed by atoms with E-state index in [1.807, 2.05) is 55.5 Å². The van der Waals surface area contributed by atoms with Gasteiger partial charge in [0.25, 0.3) is 0 Å². The Labute approximate surface area is 140 Å². The standard InChI is InChI=1S/C17H17N3O2S/c1-2-22-13-9-7-12(8-10-13)18-17(23)20-11-16(21)19-14-5-3-4-6-15(14)20/h3-10H,2,11H2,1H3,(H,18,23)(H,19,21). The zero-order chi connectivity index (χ0) is 16.2. The molecule has 0 saturated carbocycles. The van der Waals surface area contributed by atoms with Crippen molar-refractivity contribution in [3.05, 3.63) is 48.5 Å². The average Bonchev–Trinajstić information content (AvgIpc) is 2.56. The number of nitrogens with zero attached hydrogens (tertiary/aromatic N) is 1. The zero-order valence-corrected chi connectivity index (χ0v) is 13.5. The van der Waals surface area contributed by atoms with Gasteiger partial charge in [0.1, 0.15) is 12.3 Å². The maximum Gasteiger partial charge on any atom is 0.244 e. The Balaban J connectivity index is 1.77. The molecule has 1 amide bonds. The largest absolute Gasteiger partial charge is 0.494 e. The molecule has 23 heavy (non-hydrogen) atoms. The number of anilines is 3. The number of para-hydroxylation sites is 2. The van der Waals surface area contributed by atoms with Crippen LogP contribution >= 0.6 is 12.2 Å². The van der Waals surface area contributed by atoms with Crippen LogP contribution in [0.4, 0.5) is 17.1 Å². The minimum absolute atomic E-state index is 0.0838. The third-order valence-corrected chi connectivity index (χ3v) is 3.75. The van der Waals surface area contributed by atoms with Gasteiger partial charge < -0.3 is 20.3 Å². The highest BCUT2D eigenvalue weighted by molar-refractivity contribution is 7.80. The molecule has 6 heteroatoms. The molecule has 0 aliphatic carbocycles. The monoisotopic (exact) mass is 327 g/mol. The predicted molar refractivity (Wildman–Crippen MR) is 96.2 cm³/mol. The number of nitrogens with one attached hydrogen (secondary N) is 2. The number of ether oxygens (including phenoxy) is 1. The molecule has 118 valence electrons. The molecule has 0 unspecified atom stereocenters. The quantitative estimate of drug-likeness (QED) is 0.848. The Kier molecular flexibility index (Phi) is 4.43. The van der Waals surface area contributed by atoms with Crippen molar-refractivity contribution in [2.75, 3.05) is 28.7 Å². The van der Waals surface area contributed by atoms with Crippen LogP contribution < -0.4 is 20.3 Å². The van der Waals surface area contributed by atoms with Crippen molar-refractivity contribution in [2.45, 2.75) is 6.92 Å². The molecule has 3 rings (SSSR count). The number of carbonyl (C=O) groups excluding carboxylic acids is 1. The van der Waals surface area contributed by atoms with E-state index in [2.05, 4.69) is 10.6 Å². The predicted octanol–water partition coefficient (Wildman–Crippen LogP) is 3.24. The number of rotatable bonds is 3. The van der Waals surface area contributed by atoms with Gasteiger partial charge in [-0.15, -0.1) is 0 Å². The smallest absolute Gasteiger partial charge is 0.244 e. The molecule has 0 fully saturated rings. The zero-order valence-electron chi connectivity index (χ0n) is 12.7. The summed E-state index contributed by atoms with van der Waals surface area (Å²) in [5.41, 5.74) is 2.50. The third kappa shape index (κ3) is 3.43. The topological polar surface area (TPSA) is 53.6 Å². The molecule has 2 aromatic carbocycles. The molecule has 1 aliphatic rings. The summed E-state index contributed by atoms with van der Waals surface area (Å²) < 4.78 is 5.42. The van der Waals surface area contributed by atoms with E-state index in [1.54, 1.807) is 4.90 Å². The second-order valence-corrected chi connectivity index (χ2v) is 5.43. The first-order valence-electron chi connectivity index (χ1n) is 7.37. The Morgan fingerprint density at radius 1 is 1.26 bits per heavy atom. The van der Waals surface area contributed by atoms with E-state index in [0.29, 0.717) is 11.7 Å². The van der Waals surface area contributed by atoms with Gasteiger partial charge in [0.05, 0.1) is 18.0 Å². The van der Waals surface area contributed by atoms with E-state index < -0.39 is 0 Å². The molecular weight excluding hydrogens is 310 g/mol. The van der Waals surface area contributed by atoms with Crippen molar-refractivity contribution >= 4 is 40.3 Å². The number of thiocarbonyl (C=S) groups is 1. The van der Waals surface area contributed by atoms with Crippen molar-refractivity contribution in [3.8, 4) is 5.75 Å². The summed E-state index contributed by atoms with van der Waals surface area (Å²) in [6.45, 7) is 2.77. The van der Waals surface area contributed by atoms with E-state index in [1.165, 1.54) is 0 Å². The summed E-state index contributed by atoms with van der Waals surface area (Å²) >= 11 is 5.47. The van der Waals surface area contributed by atoms with E-state index in [9.17, 15) is 4.79 Å². The first kappa shape index (κ1) is 15.3. The molecular formula is C17H17N3O2S. The van der Waals surface area contributed by atoms with E-state index in [0.717, 1.165) is 22.8 Å². The molecule has 1 heterocycles. The Bertz CT molecular complexity index is 731. The van der Waals surface area contributed by atoms with Gasteiger partial charge in [-0.3, -0.25) is 4.79 Å². The Morgan fingerprint density at radius 3 is 2.74 bits per heavy atom. The van der Waals surface area contributed by atoms with Crippen molar-refractivity contribution in [1.29, 1.82) is 0 Å². The summed E-state index contributed by atoms with van der Waals surface area (Å²) in [5, 5.41) is 6.49. The minimum atomic E-state index is -0.0838. The molecule has 0 spiro atoms. The van der Waals surface area contributed by atoms with Gasteiger partial charge >= 0.3 is 0 Å². The molecule has 0 aromatic heterocycles. The lowest BCUT2D eigenvalue weighted by Crippen LogP contribution is -2.44. The third-order valence-electron chi connectivity index (χ3n) is 3.43. The molecule has 0 radical (unpaired) electrons. The lowest BCUT2D eigenvalue weighted by Gasteiger charge is -2.31. The number of fused-ring (bicyclic) bond motifs is 1. The molecule has 0 atom stereocenters. The molecule has 0 bridgehead atoms. The lowest BCUT2D eigenvalue weighted by atomic mass is 10.2. The number of amides is 1. The van der Waals surface area contributed by atoms with Crippen LogP contribution in [0.15, 0.2) is 48.5 Å². The number of hydrogen-bond donors (Lipinski definition) is 2. The molecule has 0 saturated heterocycles. The number of carbonyl (C=O) groups is 1. The minimum Gasteiger partial charge on any atom is -0.494 e. The van der Waals surface area contributed by atoms with Crippen LogP contribution in [0.2, 0.25) is 0 Å². The van der Waals surface area contributed by atoms with Gasteiger partial charge in [0.2, 0.25) is 5.91 Å². The van der Waals surface area contributed by atoms with Crippen molar-refractivity contribution < 1.29 is 9.53 Å². The van der Waals surface area contributed by atoms with Crippen LogP contribution in [0.25, 0.3) is 0 Å². The fraction of sp³-hybridized carbons (Fsp3) is 0.176. The van der Waals surface area contributed by atoms with E-state index in [-0.39, 0.29) is 12.5 Å². The van der Waals surface area contributed by atoms with Crippen LogP contribution in [0.3, 0.4) is 0 Å². The van der Waals surface area contributed by atoms with Gasteiger partial charge in [0, 0.05) is 5.69 Å². The van der Waals surface area contributed by atoms with Gasteiger partial charge in [0.15, 0.2) is 5.11 Å². The normalized spacial score (nSPS) is 13.1. The molecule has 5 nitrogen and oxygen atoms in total. The van der Waals surface area contributed by atoms with Crippen LogP contribution in [0, 0.1) is 0 Å². The van der Waals surface area contributed by atoms with Crippen molar-refractivity contribution in [1.82, 2.24) is 0 Å². The fourth-order valence-electron chi connectivity index (χ4n) is 2.41. The number of hydrogen-bond acceptors (Lipinski definition) is 3. The SMILES string of the molecule is CCOc1ccc(NC(=S)N2CC(=O)Nc3ccccc32)cc1. The second-order valence-electron chi connectivity index (χ2n) is 5.04. The van der Waals surface area contributed by atoms with Gasteiger partial charge in [-0.2, -0.15) is 0 Å². The molecule has 2 aromatic rings. The lowest BCUT2D eigenvalue weighted by molar-refractivity contribution is -0.115. The summed E-state index contributed by atoms with van der Waals surface area (Å²) in [5.74, 6) is 0.728. The maximum absolute atomic E-state index is 11.9.